The van der Waals surface area contributed by atoms with Gasteiger partial charge in [-0.05, 0) is 36.4 Å². The Labute approximate surface area is 171 Å². The molecule has 0 fully saturated rings. The van der Waals surface area contributed by atoms with Gasteiger partial charge in [0.2, 0.25) is 0 Å². The number of benzene rings is 2. The van der Waals surface area contributed by atoms with Gasteiger partial charge in [-0.25, -0.2) is 4.68 Å². The molecule has 0 bridgehead atoms. The van der Waals surface area contributed by atoms with Gasteiger partial charge in [-0.3, -0.25) is 14.9 Å². The lowest BCUT2D eigenvalue weighted by atomic mass is 10.1. The minimum atomic E-state index is -0.520. The van der Waals surface area contributed by atoms with Crippen molar-refractivity contribution < 1.29 is 9.66 Å². The van der Waals surface area contributed by atoms with E-state index in [4.69, 9.17) is 9.84 Å². The molecule has 0 aliphatic heterocycles. The van der Waals surface area contributed by atoms with E-state index in [9.17, 15) is 14.9 Å². The van der Waals surface area contributed by atoms with Crippen molar-refractivity contribution in [2.45, 2.75) is 6.54 Å². The molecule has 0 aliphatic rings. The smallest absolute Gasteiger partial charge is 0.285 e. The highest BCUT2D eigenvalue weighted by Gasteiger charge is 2.15. The summed E-state index contributed by atoms with van der Waals surface area (Å²) in [5.41, 5.74) is 2.68. The molecule has 0 saturated carbocycles. The Hall–Kier alpha value is -4.20. The van der Waals surface area contributed by atoms with E-state index < -0.39 is 4.92 Å². The molecule has 0 amide bonds. The Balaban J connectivity index is 1.81. The summed E-state index contributed by atoms with van der Waals surface area (Å²) in [6.07, 6.45) is 3.08. The third-order valence-corrected chi connectivity index (χ3v) is 4.69. The third-order valence-electron chi connectivity index (χ3n) is 4.69. The Morgan fingerprint density at radius 1 is 1.00 bits per heavy atom. The maximum absolute atomic E-state index is 12.3. The van der Waals surface area contributed by atoms with Gasteiger partial charge < -0.3 is 9.30 Å². The van der Waals surface area contributed by atoms with E-state index in [1.807, 2.05) is 60.8 Å². The number of nitro groups is 1. The Morgan fingerprint density at radius 2 is 1.73 bits per heavy atom. The second-order valence-electron chi connectivity index (χ2n) is 6.62. The lowest BCUT2D eigenvalue weighted by Crippen LogP contribution is -2.19. The van der Waals surface area contributed by atoms with Crippen LogP contribution in [0.4, 0.5) is 5.69 Å². The number of rotatable bonds is 6. The van der Waals surface area contributed by atoms with Gasteiger partial charge in [-0.15, -0.1) is 0 Å². The normalized spacial score (nSPS) is 10.7. The number of ether oxygens (including phenoxy) is 1. The number of methoxy groups -OCH3 is 1. The summed E-state index contributed by atoms with van der Waals surface area (Å²) in [5.74, 6) is 0.720. The fraction of sp³-hybridized carbons (Fsp3) is 0.0909. The summed E-state index contributed by atoms with van der Waals surface area (Å²) in [6, 6.07) is 19.4. The van der Waals surface area contributed by atoms with Crippen LogP contribution in [0.25, 0.3) is 16.9 Å². The minimum absolute atomic E-state index is 0.143. The van der Waals surface area contributed by atoms with Gasteiger partial charge in [0.05, 0.1) is 36.2 Å². The van der Waals surface area contributed by atoms with Crippen LogP contribution in [0.3, 0.4) is 0 Å². The highest BCUT2D eigenvalue weighted by Crippen LogP contribution is 2.26. The van der Waals surface area contributed by atoms with Gasteiger partial charge in [-0.2, -0.15) is 5.10 Å². The molecule has 2 heterocycles. The number of nitrogens with zero attached hydrogens (tertiary/aromatic N) is 4. The molecule has 0 aliphatic carbocycles. The molecule has 2 aromatic heterocycles. The summed E-state index contributed by atoms with van der Waals surface area (Å²) >= 11 is 0. The van der Waals surface area contributed by atoms with Crippen LogP contribution < -0.4 is 10.3 Å². The summed E-state index contributed by atoms with van der Waals surface area (Å²) in [5, 5.41) is 15.8. The first kappa shape index (κ1) is 19.1. The molecule has 0 radical (unpaired) electrons. The molecule has 0 saturated heterocycles. The van der Waals surface area contributed by atoms with Crippen LogP contribution in [0, 0.1) is 10.1 Å². The average Bonchev–Trinajstić information content (AvgIpc) is 3.19. The standard InChI is InChI=1S/C22H18N4O4/c1-30-20-10-7-16(8-11-20)22-17(14-25(23-22)18-5-3-2-4-6-18)13-24-15-19(26(28)29)9-12-21(24)27/h2-12,14-15H,13H2,1H3. The van der Waals surface area contributed by atoms with E-state index in [1.54, 1.807) is 11.8 Å². The zero-order chi connectivity index (χ0) is 21.1. The van der Waals surface area contributed by atoms with Crippen molar-refractivity contribution in [1.29, 1.82) is 0 Å². The van der Waals surface area contributed by atoms with Crippen LogP contribution in [0.15, 0.2) is 83.9 Å². The Morgan fingerprint density at radius 3 is 2.40 bits per heavy atom. The number of aromatic nitrogens is 3. The second-order valence-corrected chi connectivity index (χ2v) is 6.62. The molecule has 0 atom stereocenters. The quantitative estimate of drug-likeness (QED) is 0.362. The fourth-order valence-corrected chi connectivity index (χ4v) is 3.16. The maximum Gasteiger partial charge on any atom is 0.285 e. The lowest BCUT2D eigenvalue weighted by molar-refractivity contribution is -0.385. The van der Waals surface area contributed by atoms with Gasteiger partial charge >= 0.3 is 0 Å². The van der Waals surface area contributed by atoms with Crippen LogP contribution in [0.1, 0.15) is 5.56 Å². The number of pyridine rings is 1. The molecule has 0 spiro atoms. The van der Waals surface area contributed by atoms with E-state index in [0.717, 1.165) is 22.6 Å². The predicted octanol–water partition coefficient (Wildman–Crippen LogP) is 3.67. The van der Waals surface area contributed by atoms with Crippen molar-refractivity contribution >= 4 is 5.69 Å². The highest BCUT2D eigenvalue weighted by molar-refractivity contribution is 5.64. The van der Waals surface area contributed by atoms with Crippen molar-refractivity contribution in [2.24, 2.45) is 0 Å². The minimum Gasteiger partial charge on any atom is -0.497 e. The molecule has 4 rings (SSSR count). The van der Waals surface area contributed by atoms with Crippen LogP contribution in [-0.4, -0.2) is 26.4 Å². The van der Waals surface area contributed by atoms with Crippen molar-refractivity contribution in [2.75, 3.05) is 7.11 Å². The predicted molar refractivity (Wildman–Crippen MR) is 112 cm³/mol. The van der Waals surface area contributed by atoms with Crippen molar-refractivity contribution in [3.8, 4) is 22.7 Å². The topological polar surface area (TPSA) is 92.2 Å². The van der Waals surface area contributed by atoms with Crippen LogP contribution in [0.2, 0.25) is 0 Å². The Bertz CT molecular complexity index is 1240. The van der Waals surface area contributed by atoms with Crippen molar-refractivity contribution in [3.05, 3.63) is 105 Å². The highest BCUT2D eigenvalue weighted by atomic mass is 16.6. The summed E-state index contributed by atoms with van der Waals surface area (Å²) in [4.78, 5) is 22.9. The zero-order valence-corrected chi connectivity index (χ0v) is 16.1. The first-order valence-corrected chi connectivity index (χ1v) is 9.18. The second kappa shape index (κ2) is 8.04. The molecule has 150 valence electrons. The van der Waals surface area contributed by atoms with Crippen LogP contribution >= 0.6 is 0 Å². The molecular formula is C22H18N4O4. The van der Waals surface area contributed by atoms with Crippen molar-refractivity contribution in [3.63, 3.8) is 0 Å². The van der Waals surface area contributed by atoms with E-state index in [1.165, 1.54) is 22.9 Å². The van der Waals surface area contributed by atoms with Crippen LogP contribution in [-0.2, 0) is 6.54 Å². The zero-order valence-electron chi connectivity index (χ0n) is 16.1. The maximum atomic E-state index is 12.3. The van der Waals surface area contributed by atoms with E-state index in [-0.39, 0.29) is 17.8 Å². The number of hydrogen-bond donors (Lipinski definition) is 0. The molecule has 0 unspecified atom stereocenters. The molecule has 30 heavy (non-hydrogen) atoms. The largest absolute Gasteiger partial charge is 0.497 e. The van der Waals surface area contributed by atoms with Gasteiger partial charge in [0, 0.05) is 29.5 Å². The summed E-state index contributed by atoms with van der Waals surface area (Å²) in [6.45, 7) is 0.148. The first-order chi connectivity index (χ1) is 14.5. The summed E-state index contributed by atoms with van der Waals surface area (Å²) in [7, 11) is 1.60. The molecule has 8 heteroatoms. The SMILES string of the molecule is COc1ccc(-c2nn(-c3ccccc3)cc2Cn2cc([N+](=O)[O-])ccc2=O)cc1. The fourth-order valence-electron chi connectivity index (χ4n) is 3.16. The van der Waals surface area contributed by atoms with E-state index in [0.29, 0.717) is 5.69 Å². The van der Waals surface area contributed by atoms with E-state index in [2.05, 4.69) is 0 Å². The lowest BCUT2D eigenvalue weighted by Gasteiger charge is -2.06. The van der Waals surface area contributed by atoms with Gasteiger partial charge in [-0.1, -0.05) is 18.2 Å². The molecule has 8 nitrogen and oxygen atoms in total. The average molecular weight is 402 g/mol. The van der Waals surface area contributed by atoms with Gasteiger partial charge in [0.15, 0.2) is 0 Å². The molecule has 0 N–H and O–H groups in total. The molecular weight excluding hydrogens is 384 g/mol. The molecule has 2 aromatic carbocycles. The monoisotopic (exact) mass is 402 g/mol. The Kier molecular flexibility index (Phi) is 5.13. The summed E-state index contributed by atoms with van der Waals surface area (Å²) < 4.78 is 8.27. The third kappa shape index (κ3) is 3.83. The van der Waals surface area contributed by atoms with Gasteiger partial charge in [0.1, 0.15) is 5.75 Å². The van der Waals surface area contributed by atoms with Crippen LogP contribution in [0.5, 0.6) is 5.75 Å². The van der Waals surface area contributed by atoms with E-state index >= 15 is 0 Å². The number of para-hydroxylation sites is 1. The first-order valence-electron chi connectivity index (χ1n) is 9.18. The van der Waals surface area contributed by atoms with Crippen molar-refractivity contribution in [1.82, 2.24) is 14.3 Å². The number of hydrogen-bond acceptors (Lipinski definition) is 5. The van der Waals surface area contributed by atoms with Gasteiger partial charge in [0.25, 0.3) is 11.2 Å². The molecule has 4 aromatic rings.